The first-order valence-electron chi connectivity index (χ1n) is 5.38. The van der Waals surface area contributed by atoms with Crippen LogP contribution in [0.4, 0.5) is 0 Å². The fraction of sp³-hybridized carbons (Fsp3) is 0.231. The molecule has 0 saturated heterocycles. The first-order valence-corrected chi connectivity index (χ1v) is 5.38. The Hall–Kier alpha value is -2.30. The molecule has 5 nitrogen and oxygen atoms in total. The molecular formula is C13H13NO4. The minimum atomic E-state index is -0.837. The van der Waals surface area contributed by atoms with Crippen molar-refractivity contribution in [2.75, 3.05) is 7.11 Å². The Kier molecular flexibility index (Phi) is 2.82. The third-order valence-corrected chi connectivity index (χ3v) is 2.91. The molecule has 0 radical (unpaired) electrons. The van der Waals surface area contributed by atoms with Crippen molar-refractivity contribution in [3.05, 3.63) is 39.7 Å². The second-order valence-corrected chi connectivity index (χ2v) is 4.10. The Bertz CT molecular complexity index is 700. The molecule has 0 atom stereocenters. The highest BCUT2D eigenvalue weighted by atomic mass is 16.5. The molecule has 0 spiro atoms. The highest BCUT2D eigenvalue weighted by molar-refractivity contribution is 5.99. The second kappa shape index (κ2) is 4.18. The summed E-state index contributed by atoms with van der Waals surface area (Å²) < 4.78 is 5.84. The van der Waals surface area contributed by atoms with E-state index < -0.39 is 11.5 Å². The normalized spacial score (nSPS) is 10.6. The maximum Gasteiger partial charge on any atom is 0.347 e. The number of hydrogen-bond acceptors (Lipinski definition) is 4. The van der Waals surface area contributed by atoms with Crippen LogP contribution in [0.3, 0.4) is 0 Å². The first kappa shape index (κ1) is 12.2. The summed E-state index contributed by atoms with van der Waals surface area (Å²) in [6.45, 7) is 1.88. The maximum absolute atomic E-state index is 12.0. The summed E-state index contributed by atoms with van der Waals surface area (Å²) in [5.74, 6) is -1.17. The van der Waals surface area contributed by atoms with Crippen molar-refractivity contribution in [3.8, 4) is 5.75 Å². The van der Waals surface area contributed by atoms with Crippen LogP contribution in [0.25, 0.3) is 10.9 Å². The summed E-state index contributed by atoms with van der Waals surface area (Å²) in [5.41, 5.74) is 0.627. The number of hydrogen-bond donors (Lipinski definition) is 1. The van der Waals surface area contributed by atoms with Crippen LogP contribution in [-0.4, -0.2) is 22.8 Å². The van der Waals surface area contributed by atoms with Gasteiger partial charge in [-0.3, -0.25) is 4.79 Å². The molecule has 1 heterocycles. The number of ether oxygens (including phenoxy) is 1. The van der Waals surface area contributed by atoms with E-state index >= 15 is 0 Å². The largest absolute Gasteiger partial charge is 0.506 e. The molecule has 0 aliphatic carbocycles. The summed E-state index contributed by atoms with van der Waals surface area (Å²) in [6, 6.07) is 5.25. The van der Waals surface area contributed by atoms with E-state index in [0.717, 1.165) is 5.56 Å². The predicted octanol–water partition coefficient (Wildman–Crippen LogP) is 1.34. The quantitative estimate of drug-likeness (QED) is 0.772. The van der Waals surface area contributed by atoms with Gasteiger partial charge in [0.25, 0.3) is 5.56 Å². The molecule has 0 fully saturated rings. The third kappa shape index (κ3) is 1.64. The van der Waals surface area contributed by atoms with Crippen molar-refractivity contribution in [1.82, 2.24) is 4.57 Å². The van der Waals surface area contributed by atoms with Gasteiger partial charge in [-0.15, -0.1) is 0 Å². The standard InChI is InChI=1S/C13H13NO4/c1-7-4-5-8-9(6-7)14(2)12(16)10(11(8)15)13(17)18-3/h4-6,15H,1-3H3. The number of carbonyl (C=O) groups excluding carboxylic acids is 1. The number of fused-ring (bicyclic) bond motifs is 1. The Balaban J connectivity index is 2.97. The number of rotatable bonds is 1. The van der Waals surface area contributed by atoms with Crippen molar-refractivity contribution in [1.29, 1.82) is 0 Å². The average molecular weight is 247 g/mol. The minimum absolute atomic E-state index is 0.333. The molecule has 0 amide bonds. The van der Waals surface area contributed by atoms with E-state index in [4.69, 9.17) is 0 Å². The predicted molar refractivity (Wildman–Crippen MR) is 66.9 cm³/mol. The number of pyridine rings is 1. The molecule has 0 saturated carbocycles. The summed E-state index contributed by atoms with van der Waals surface area (Å²) in [7, 11) is 2.72. The third-order valence-electron chi connectivity index (χ3n) is 2.91. The molecule has 0 unspecified atom stereocenters. The van der Waals surface area contributed by atoms with E-state index in [9.17, 15) is 14.7 Å². The van der Waals surface area contributed by atoms with Gasteiger partial charge in [0.2, 0.25) is 0 Å². The minimum Gasteiger partial charge on any atom is -0.506 e. The van der Waals surface area contributed by atoms with E-state index in [1.165, 1.54) is 11.7 Å². The summed E-state index contributed by atoms with van der Waals surface area (Å²) in [6.07, 6.45) is 0. The number of methoxy groups -OCH3 is 1. The lowest BCUT2D eigenvalue weighted by Crippen LogP contribution is -2.25. The van der Waals surface area contributed by atoms with Gasteiger partial charge in [-0.25, -0.2) is 4.79 Å². The molecule has 0 bridgehead atoms. The van der Waals surface area contributed by atoms with E-state index in [2.05, 4.69) is 4.74 Å². The highest BCUT2D eigenvalue weighted by Gasteiger charge is 2.21. The van der Waals surface area contributed by atoms with Crippen molar-refractivity contribution in [2.24, 2.45) is 7.05 Å². The van der Waals surface area contributed by atoms with Crippen molar-refractivity contribution in [3.63, 3.8) is 0 Å². The number of esters is 1. The number of nitrogens with zero attached hydrogens (tertiary/aromatic N) is 1. The Morgan fingerprint density at radius 2 is 2.06 bits per heavy atom. The van der Waals surface area contributed by atoms with Gasteiger partial charge >= 0.3 is 5.97 Å². The zero-order valence-electron chi connectivity index (χ0n) is 10.4. The van der Waals surface area contributed by atoms with Crippen LogP contribution >= 0.6 is 0 Å². The SMILES string of the molecule is COC(=O)c1c(O)c2ccc(C)cc2n(C)c1=O. The van der Waals surface area contributed by atoms with E-state index in [1.807, 2.05) is 6.92 Å². The first-order chi connectivity index (χ1) is 8.47. The molecule has 1 N–H and O–H groups in total. The van der Waals surface area contributed by atoms with Gasteiger partial charge in [0.05, 0.1) is 12.6 Å². The van der Waals surface area contributed by atoms with Crippen LogP contribution in [0, 0.1) is 6.92 Å². The molecule has 18 heavy (non-hydrogen) atoms. The molecule has 2 rings (SSSR count). The van der Waals surface area contributed by atoms with Gasteiger partial charge in [0, 0.05) is 12.4 Å². The van der Waals surface area contributed by atoms with Gasteiger partial charge in [-0.1, -0.05) is 6.07 Å². The summed E-state index contributed by atoms with van der Waals surface area (Å²) in [4.78, 5) is 23.5. The number of aromatic hydroxyl groups is 1. The van der Waals surface area contributed by atoms with Crippen LogP contribution in [0.1, 0.15) is 15.9 Å². The molecule has 5 heteroatoms. The van der Waals surface area contributed by atoms with Gasteiger partial charge in [-0.05, 0) is 24.6 Å². The molecule has 94 valence electrons. The highest BCUT2D eigenvalue weighted by Crippen LogP contribution is 2.26. The maximum atomic E-state index is 12.0. The van der Waals surface area contributed by atoms with Crippen molar-refractivity contribution >= 4 is 16.9 Å². The molecular weight excluding hydrogens is 234 g/mol. The number of carbonyl (C=O) groups is 1. The number of aromatic nitrogens is 1. The van der Waals surface area contributed by atoms with Gasteiger partial charge in [-0.2, -0.15) is 0 Å². The van der Waals surface area contributed by atoms with Crippen LogP contribution < -0.4 is 5.56 Å². The summed E-state index contributed by atoms with van der Waals surface area (Å²) >= 11 is 0. The van der Waals surface area contributed by atoms with E-state index in [-0.39, 0.29) is 11.3 Å². The lowest BCUT2D eigenvalue weighted by atomic mass is 10.1. The zero-order chi connectivity index (χ0) is 13.4. The van der Waals surface area contributed by atoms with Crippen LogP contribution in [-0.2, 0) is 11.8 Å². The number of benzene rings is 1. The molecule has 1 aromatic carbocycles. The average Bonchev–Trinajstić information content (AvgIpc) is 2.35. The fourth-order valence-corrected chi connectivity index (χ4v) is 1.92. The molecule has 1 aromatic heterocycles. The Labute approximate surface area is 103 Å². The Morgan fingerprint density at radius 1 is 1.39 bits per heavy atom. The molecule has 0 aliphatic rings. The van der Waals surface area contributed by atoms with Crippen molar-refractivity contribution in [2.45, 2.75) is 6.92 Å². The fourth-order valence-electron chi connectivity index (χ4n) is 1.92. The lowest BCUT2D eigenvalue weighted by molar-refractivity contribution is 0.0595. The van der Waals surface area contributed by atoms with E-state index in [1.54, 1.807) is 25.2 Å². The smallest absolute Gasteiger partial charge is 0.347 e. The molecule has 2 aromatic rings. The second-order valence-electron chi connectivity index (χ2n) is 4.10. The van der Waals surface area contributed by atoms with Gasteiger partial charge < -0.3 is 14.4 Å². The van der Waals surface area contributed by atoms with Crippen LogP contribution in [0.15, 0.2) is 23.0 Å². The van der Waals surface area contributed by atoms with Gasteiger partial charge in [0.15, 0.2) is 5.56 Å². The van der Waals surface area contributed by atoms with E-state index in [0.29, 0.717) is 10.9 Å². The van der Waals surface area contributed by atoms with Crippen LogP contribution in [0.2, 0.25) is 0 Å². The lowest BCUT2D eigenvalue weighted by Gasteiger charge is -2.11. The monoisotopic (exact) mass is 247 g/mol. The zero-order valence-corrected chi connectivity index (χ0v) is 10.4. The van der Waals surface area contributed by atoms with Gasteiger partial charge in [0.1, 0.15) is 5.75 Å². The molecule has 0 aliphatic heterocycles. The topological polar surface area (TPSA) is 68.5 Å². The van der Waals surface area contributed by atoms with Crippen molar-refractivity contribution < 1.29 is 14.6 Å². The Morgan fingerprint density at radius 3 is 2.67 bits per heavy atom. The van der Waals surface area contributed by atoms with Crippen LogP contribution in [0.5, 0.6) is 5.75 Å². The number of aryl methyl sites for hydroxylation is 2. The summed E-state index contributed by atoms with van der Waals surface area (Å²) in [5, 5.41) is 10.5.